The SMILES string of the molecule is OB(O)c1ccccc1.OC1(Cn2nnc(-c3ccccc3Cc3ccc(C(F)(F)F)cc3)n2)CCNCC1.OC1(Cn2nnc(-c3ccccc3Nc3ccc(C(F)(F)F)cc3)n2)CCN(c2ccccc2)CC1. The molecule has 0 radical (unpaired) electrons. The Morgan fingerprint density at radius 3 is 1.59 bits per heavy atom. The van der Waals surface area contributed by atoms with Gasteiger partial charge in [0.1, 0.15) is 0 Å². The Kier molecular flexibility index (Phi) is 17.1. The number of alkyl halides is 6. The Hall–Kier alpha value is -7.50. The standard InChI is InChI=1S/C26H25F3N6O.C21H22F3N5O.C6H7BO2/c27-26(28,29)19-10-12-20(13-11-19)30-23-9-5-4-8-22(23)24-31-33-35(32-24)18-25(36)14-16-34(17-15-25)21-6-2-1-3-7-21;22-21(23,24)17-7-5-15(6-8-17)13-16-3-1-2-4-18(16)19-26-28-29(27-19)14-20(30)9-11-25-12-10-20;8-7(9)6-4-2-1-3-5-6/h1-13,30,36H,14-18H2;1-8,25,30H,9-14H2;1-5,8-9H. The number of tetrazole rings is 2. The molecule has 10 rings (SSSR count). The second-order valence-corrected chi connectivity index (χ2v) is 18.4. The van der Waals surface area contributed by atoms with E-state index in [2.05, 4.69) is 58.5 Å². The Morgan fingerprint density at radius 1 is 0.560 bits per heavy atom. The van der Waals surface area contributed by atoms with Gasteiger partial charge in [0, 0.05) is 41.3 Å². The van der Waals surface area contributed by atoms with Crippen molar-refractivity contribution in [3.63, 3.8) is 0 Å². The molecule has 0 atom stereocenters. The fraction of sp³-hybridized carbons (Fsp3) is 0.283. The molecule has 6 N–H and O–H groups in total. The van der Waals surface area contributed by atoms with Gasteiger partial charge in [0.2, 0.25) is 11.6 Å². The molecule has 4 heterocycles. The summed E-state index contributed by atoms with van der Waals surface area (Å²) >= 11 is 0. The third-order valence-electron chi connectivity index (χ3n) is 12.8. The minimum absolute atomic E-state index is 0.219. The normalized spacial score (nSPS) is 15.2. The summed E-state index contributed by atoms with van der Waals surface area (Å²) in [7, 11) is -1.34. The molecular weight excluding hydrogens is 979 g/mol. The van der Waals surface area contributed by atoms with Crippen molar-refractivity contribution in [2.45, 2.75) is 68.7 Å². The fourth-order valence-corrected chi connectivity index (χ4v) is 8.63. The summed E-state index contributed by atoms with van der Waals surface area (Å²) in [5.41, 5.74) is 2.67. The molecule has 2 aromatic heterocycles. The minimum atomic E-state index is -4.39. The van der Waals surface area contributed by atoms with Gasteiger partial charge in [-0.3, -0.25) is 0 Å². The lowest BCUT2D eigenvalue weighted by Crippen LogP contribution is -2.47. The van der Waals surface area contributed by atoms with Crippen LogP contribution in [0.15, 0.2) is 158 Å². The van der Waals surface area contributed by atoms with Crippen molar-refractivity contribution >= 4 is 29.6 Å². The first-order valence-corrected chi connectivity index (χ1v) is 24.1. The molecular formula is C53H54BF6N11O4. The monoisotopic (exact) mass is 1030 g/mol. The largest absolute Gasteiger partial charge is 0.488 e. The van der Waals surface area contributed by atoms with Crippen molar-refractivity contribution in [3.05, 3.63) is 180 Å². The summed E-state index contributed by atoms with van der Waals surface area (Å²) in [6.45, 7) is 3.42. The van der Waals surface area contributed by atoms with E-state index >= 15 is 0 Å². The maximum absolute atomic E-state index is 12.9. The maximum Gasteiger partial charge on any atom is 0.488 e. The van der Waals surface area contributed by atoms with E-state index < -0.39 is 41.8 Å². The number of nitrogens with zero attached hydrogens (tertiary/aromatic N) is 9. The second-order valence-electron chi connectivity index (χ2n) is 18.4. The van der Waals surface area contributed by atoms with Crippen molar-refractivity contribution in [2.75, 3.05) is 36.4 Å². The number of para-hydroxylation sites is 2. The average molecular weight is 1030 g/mol. The van der Waals surface area contributed by atoms with Crippen LogP contribution in [0.1, 0.15) is 47.9 Å². The smallest absolute Gasteiger partial charge is 0.423 e. The highest BCUT2D eigenvalue weighted by molar-refractivity contribution is 6.58. The van der Waals surface area contributed by atoms with E-state index in [0.717, 1.165) is 72.8 Å². The first-order chi connectivity index (χ1) is 35.9. The Labute approximate surface area is 428 Å². The minimum Gasteiger partial charge on any atom is -0.423 e. The Morgan fingerprint density at radius 2 is 1.04 bits per heavy atom. The number of piperidine rings is 2. The molecule has 0 bridgehead atoms. The van der Waals surface area contributed by atoms with Crippen molar-refractivity contribution < 1.29 is 46.6 Å². The zero-order valence-electron chi connectivity index (χ0n) is 40.4. The van der Waals surface area contributed by atoms with Crippen LogP contribution in [0.25, 0.3) is 22.8 Å². The van der Waals surface area contributed by atoms with Crippen LogP contribution in [0.2, 0.25) is 0 Å². The van der Waals surface area contributed by atoms with Gasteiger partial charge in [-0.05, 0) is 133 Å². The molecule has 22 heteroatoms. The van der Waals surface area contributed by atoms with Gasteiger partial charge in [0.15, 0.2) is 0 Å². The Bertz CT molecular complexity index is 3040. The van der Waals surface area contributed by atoms with Gasteiger partial charge >= 0.3 is 19.5 Å². The van der Waals surface area contributed by atoms with Gasteiger partial charge < -0.3 is 35.8 Å². The lowest BCUT2D eigenvalue weighted by atomic mass is 9.81. The number of nitrogens with one attached hydrogen (secondary N) is 2. The van der Waals surface area contributed by atoms with Crippen LogP contribution in [0.4, 0.5) is 43.4 Å². The van der Waals surface area contributed by atoms with Gasteiger partial charge in [0.25, 0.3) is 0 Å². The highest BCUT2D eigenvalue weighted by Crippen LogP contribution is 2.34. The van der Waals surface area contributed by atoms with Crippen LogP contribution in [0.5, 0.6) is 0 Å². The van der Waals surface area contributed by atoms with Crippen LogP contribution in [-0.4, -0.2) is 105 Å². The van der Waals surface area contributed by atoms with Gasteiger partial charge in [-0.15, -0.1) is 20.4 Å². The van der Waals surface area contributed by atoms with Crippen molar-refractivity contribution in [2.24, 2.45) is 0 Å². The molecule has 0 saturated carbocycles. The van der Waals surface area contributed by atoms with E-state index in [-0.39, 0.29) is 13.1 Å². The molecule has 8 aromatic rings. The topological polar surface area (TPSA) is 195 Å². The van der Waals surface area contributed by atoms with Crippen LogP contribution < -0.4 is 21.0 Å². The number of halogens is 6. The molecule has 0 aliphatic carbocycles. The zero-order valence-corrected chi connectivity index (χ0v) is 40.4. The van der Waals surface area contributed by atoms with Gasteiger partial charge in [0.05, 0.1) is 35.4 Å². The molecule has 6 aromatic carbocycles. The van der Waals surface area contributed by atoms with Crippen LogP contribution >= 0.6 is 0 Å². The molecule has 0 spiro atoms. The molecule has 0 amide bonds. The van der Waals surface area contributed by atoms with Crippen molar-refractivity contribution in [1.29, 1.82) is 0 Å². The predicted octanol–water partition coefficient (Wildman–Crippen LogP) is 7.56. The van der Waals surface area contributed by atoms with E-state index in [1.807, 2.05) is 60.7 Å². The zero-order chi connectivity index (χ0) is 53.1. The summed E-state index contributed by atoms with van der Waals surface area (Å²) in [5, 5.41) is 70.8. The number of aromatic nitrogens is 8. The number of aliphatic hydroxyl groups is 2. The fourth-order valence-electron chi connectivity index (χ4n) is 8.63. The third kappa shape index (κ3) is 14.9. The van der Waals surface area contributed by atoms with E-state index in [4.69, 9.17) is 10.0 Å². The number of hydrogen-bond donors (Lipinski definition) is 6. The van der Waals surface area contributed by atoms with Crippen molar-refractivity contribution in [1.82, 2.24) is 45.7 Å². The quantitative estimate of drug-likeness (QED) is 0.0519. The second kappa shape index (κ2) is 23.8. The summed E-state index contributed by atoms with van der Waals surface area (Å²) in [5.74, 6) is 0.783. The van der Waals surface area contributed by atoms with Crippen molar-refractivity contribution in [3.8, 4) is 22.8 Å². The van der Waals surface area contributed by atoms with E-state index in [1.54, 1.807) is 36.4 Å². The summed E-state index contributed by atoms with van der Waals surface area (Å²) < 4.78 is 76.9. The van der Waals surface area contributed by atoms with Gasteiger partial charge in [-0.2, -0.15) is 35.9 Å². The van der Waals surface area contributed by atoms with E-state index in [1.165, 1.54) is 33.9 Å². The van der Waals surface area contributed by atoms with Crippen LogP contribution in [-0.2, 0) is 31.9 Å². The maximum atomic E-state index is 12.9. The van der Waals surface area contributed by atoms with Crippen LogP contribution in [0.3, 0.4) is 0 Å². The number of benzene rings is 6. The highest BCUT2D eigenvalue weighted by atomic mass is 19.4. The number of hydrogen-bond acceptors (Lipinski definition) is 13. The highest BCUT2D eigenvalue weighted by Gasteiger charge is 2.35. The number of rotatable bonds is 12. The summed E-state index contributed by atoms with van der Waals surface area (Å²) in [6.07, 6.45) is -5.91. The molecule has 2 saturated heterocycles. The lowest BCUT2D eigenvalue weighted by Gasteiger charge is -2.38. The average Bonchev–Trinajstić information content (AvgIpc) is 4.07. The first kappa shape index (κ1) is 53.8. The first-order valence-electron chi connectivity index (χ1n) is 24.1. The molecule has 2 aliphatic rings. The molecule has 15 nitrogen and oxygen atoms in total. The van der Waals surface area contributed by atoms with Crippen LogP contribution in [0, 0.1) is 0 Å². The summed E-state index contributed by atoms with van der Waals surface area (Å²) in [6, 6.07) is 43.4. The van der Waals surface area contributed by atoms with Gasteiger partial charge in [-0.25, -0.2) is 0 Å². The lowest BCUT2D eigenvalue weighted by molar-refractivity contribution is -0.138. The molecule has 2 fully saturated rings. The van der Waals surface area contributed by atoms with E-state index in [9.17, 15) is 36.6 Å². The molecule has 2 aliphatic heterocycles. The van der Waals surface area contributed by atoms with Gasteiger partial charge in [-0.1, -0.05) is 97.1 Å². The number of anilines is 3. The Balaban J connectivity index is 0.000000173. The predicted molar refractivity (Wildman–Crippen MR) is 272 cm³/mol. The van der Waals surface area contributed by atoms with E-state index in [0.29, 0.717) is 66.2 Å². The third-order valence-corrected chi connectivity index (χ3v) is 12.8. The molecule has 0 unspecified atom stereocenters. The summed E-state index contributed by atoms with van der Waals surface area (Å²) in [4.78, 5) is 5.07. The molecule has 390 valence electrons. The molecule has 75 heavy (non-hydrogen) atoms.